The van der Waals surface area contributed by atoms with Crippen LogP contribution in [-0.2, 0) is 4.79 Å². The van der Waals surface area contributed by atoms with Gasteiger partial charge < -0.3 is 16.0 Å². The van der Waals surface area contributed by atoms with Gasteiger partial charge in [-0.15, -0.1) is 0 Å². The average molecular weight is 307 g/mol. The van der Waals surface area contributed by atoms with E-state index in [1.807, 2.05) is 0 Å². The molecule has 4 unspecified atom stereocenters. The van der Waals surface area contributed by atoms with E-state index in [-0.39, 0.29) is 17.9 Å². The number of nitrogens with zero attached hydrogens (tertiary/aromatic N) is 1. The molecule has 5 heteroatoms. The normalized spacial score (nSPS) is 35.0. The second-order valence-electron chi connectivity index (χ2n) is 7.50. The third-order valence-electron chi connectivity index (χ3n) is 6.07. The molecule has 0 aromatic rings. The minimum Gasteiger partial charge on any atom is -0.356 e. The van der Waals surface area contributed by atoms with Crippen LogP contribution in [0.25, 0.3) is 0 Å². The smallest absolute Gasteiger partial charge is 0.314 e. The standard InChI is InChI=1S/C17H29N3O2/c18-17(22)20-8-7-12(11-20)10-19-16(21)15-6-5-13-3-1-2-4-14(13)9-15/h12-15H,1-11H2,(H2,18,22)(H,19,21). The van der Waals surface area contributed by atoms with E-state index < -0.39 is 0 Å². The third kappa shape index (κ3) is 3.55. The van der Waals surface area contributed by atoms with Gasteiger partial charge in [0.25, 0.3) is 0 Å². The van der Waals surface area contributed by atoms with Crippen molar-refractivity contribution in [3.8, 4) is 0 Å². The van der Waals surface area contributed by atoms with E-state index in [2.05, 4.69) is 5.32 Å². The molecule has 1 heterocycles. The number of urea groups is 1. The van der Waals surface area contributed by atoms with E-state index in [0.717, 1.165) is 37.6 Å². The summed E-state index contributed by atoms with van der Waals surface area (Å²) in [6.45, 7) is 2.10. The van der Waals surface area contributed by atoms with Crippen LogP contribution < -0.4 is 11.1 Å². The number of amides is 3. The first kappa shape index (κ1) is 15.6. The minimum absolute atomic E-state index is 0.216. The number of primary amides is 1. The number of hydrogen-bond acceptors (Lipinski definition) is 2. The molecule has 2 saturated carbocycles. The first-order valence-corrected chi connectivity index (χ1v) is 8.95. The Hall–Kier alpha value is -1.26. The Bertz CT molecular complexity index is 426. The van der Waals surface area contributed by atoms with E-state index in [9.17, 15) is 9.59 Å². The number of nitrogens with one attached hydrogen (secondary N) is 1. The van der Waals surface area contributed by atoms with E-state index >= 15 is 0 Å². The van der Waals surface area contributed by atoms with Gasteiger partial charge in [-0.1, -0.05) is 25.7 Å². The second kappa shape index (κ2) is 6.88. The zero-order valence-corrected chi connectivity index (χ0v) is 13.4. The van der Waals surface area contributed by atoms with Gasteiger partial charge in [-0.2, -0.15) is 0 Å². The quantitative estimate of drug-likeness (QED) is 0.838. The topological polar surface area (TPSA) is 75.4 Å². The summed E-state index contributed by atoms with van der Waals surface area (Å²) in [5.41, 5.74) is 5.29. The SMILES string of the molecule is NC(=O)N1CCC(CNC(=O)C2CCC3CCCCC3C2)C1. The van der Waals surface area contributed by atoms with Crippen LogP contribution >= 0.6 is 0 Å². The summed E-state index contributed by atoms with van der Waals surface area (Å²) in [6, 6.07) is -0.343. The van der Waals surface area contributed by atoms with Crippen LogP contribution in [0.4, 0.5) is 4.79 Å². The van der Waals surface area contributed by atoms with Crippen molar-refractivity contribution in [2.75, 3.05) is 19.6 Å². The highest BCUT2D eigenvalue weighted by molar-refractivity contribution is 5.78. The summed E-state index contributed by atoms with van der Waals surface area (Å²) in [4.78, 5) is 25.2. The first-order valence-electron chi connectivity index (χ1n) is 8.95. The Morgan fingerprint density at radius 2 is 1.82 bits per heavy atom. The highest BCUT2D eigenvalue weighted by Crippen LogP contribution is 2.42. The molecule has 2 aliphatic carbocycles. The fourth-order valence-corrected chi connectivity index (χ4v) is 4.70. The summed E-state index contributed by atoms with van der Waals surface area (Å²) in [6.07, 6.45) is 9.77. The van der Waals surface area contributed by atoms with Gasteiger partial charge in [0.15, 0.2) is 0 Å². The summed E-state index contributed by atoms with van der Waals surface area (Å²) in [7, 11) is 0. The highest BCUT2D eigenvalue weighted by Gasteiger charge is 2.35. The summed E-state index contributed by atoms with van der Waals surface area (Å²) in [5.74, 6) is 2.49. The Balaban J connectivity index is 1.42. The molecule has 0 aromatic carbocycles. The van der Waals surface area contributed by atoms with Crippen LogP contribution in [0.5, 0.6) is 0 Å². The molecule has 0 spiro atoms. The molecule has 1 aliphatic heterocycles. The largest absolute Gasteiger partial charge is 0.356 e. The van der Waals surface area contributed by atoms with Gasteiger partial charge in [0.1, 0.15) is 0 Å². The maximum Gasteiger partial charge on any atom is 0.314 e. The molecule has 3 fully saturated rings. The number of fused-ring (bicyclic) bond motifs is 1. The number of carbonyl (C=O) groups excluding carboxylic acids is 2. The summed E-state index contributed by atoms with van der Waals surface area (Å²) < 4.78 is 0. The van der Waals surface area contributed by atoms with Crippen molar-refractivity contribution in [1.29, 1.82) is 0 Å². The molecule has 3 amide bonds. The number of rotatable bonds is 3. The summed E-state index contributed by atoms with van der Waals surface area (Å²) >= 11 is 0. The van der Waals surface area contributed by atoms with Crippen LogP contribution in [0.2, 0.25) is 0 Å². The van der Waals surface area contributed by atoms with Crippen molar-refractivity contribution in [1.82, 2.24) is 10.2 Å². The maximum absolute atomic E-state index is 12.4. The maximum atomic E-state index is 12.4. The molecular weight excluding hydrogens is 278 g/mol. The lowest BCUT2D eigenvalue weighted by molar-refractivity contribution is -0.127. The first-order chi connectivity index (χ1) is 10.6. The van der Waals surface area contributed by atoms with Gasteiger partial charge in [0.05, 0.1) is 0 Å². The predicted molar refractivity (Wildman–Crippen MR) is 85.1 cm³/mol. The van der Waals surface area contributed by atoms with Crippen LogP contribution in [0.15, 0.2) is 0 Å². The van der Waals surface area contributed by atoms with Crippen molar-refractivity contribution in [3.63, 3.8) is 0 Å². The molecule has 124 valence electrons. The molecule has 22 heavy (non-hydrogen) atoms. The van der Waals surface area contributed by atoms with Gasteiger partial charge >= 0.3 is 6.03 Å². The Morgan fingerprint density at radius 3 is 2.55 bits per heavy atom. The van der Waals surface area contributed by atoms with E-state index in [4.69, 9.17) is 5.73 Å². The van der Waals surface area contributed by atoms with E-state index in [1.165, 1.54) is 32.1 Å². The van der Waals surface area contributed by atoms with Gasteiger partial charge in [-0.05, 0) is 43.4 Å². The number of nitrogens with two attached hydrogens (primary N) is 1. The van der Waals surface area contributed by atoms with Gasteiger partial charge in [-0.25, -0.2) is 4.79 Å². The highest BCUT2D eigenvalue weighted by atomic mass is 16.2. The van der Waals surface area contributed by atoms with E-state index in [0.29, 0.717) is 19.0 Å². The predicted octanol–water partition coefficient (Wildman–Crippen LogP) is 2.11. The van der Waals surface area contributed by atoms with Crippen LogP contribution in [0.3, 0.4) is 0 Å². The Morgan fingerprint density at radius 1 is 1.05 bits per heavy atom. The molecule has 3 rings (SSSR count). The fourth-order valence-electron chi connectivity index (χ4n) is 4.70. The number of likely N-dealkylation sites (tertiary alicyclic amines) is 1. The monoisotopic (exact) mass is 307 g/mol. The molecule has 1 saturated heterocycles. The van der Waals surface area contributed by atoms with Crippen molar-refractivity contribution in [2.24, 2.45) is 29.4 Å². The average Bonchev–Trinajstić information content (AvgIpc) is 3.01. The lowest BCUT2D eigenvalue weighted by atomic mass is 9.67. The fraction of sp³-hybridized carbons (Fsp3) is 0.882. The number of carbonyl (C=O) groups is 2. The van der Waals surface area contributed by atoms with Crippen molar-refractivity contribution >= 4 is 11.9 Å². The number of hydrogen-bond donors (Lipinski definition) is 2. The molecule has 3 N–H and O–H groups in total. The Labute approximate surface area is 133 Å². The van der Waals surface area contributed by atoms with Gasteiger partial charge in [-0.3, -0.25) is 4.79 Å². The van der Waals surface area contributed by atoms with Crippen LogP contribution in [-0.4, -0.2) is 36.5 Å². The second-order valence-corrected chi connectivity index (χ2v) is 7.50. The molecule has 0 radical (unpaired) electrons. The summed E-state index contributed by atoms with van der Waals surface area (Å²) in [5, 5.41) is 3.13. The molecule has 0 aromatic heterocycles. The molecular formula is C17H29N3O2. The van der Waals surface area contributed by atoms with Gasteiger partial charge in [0, 0.05) is 25.6 Å². The third-order valence-corrected chi connectivity index (χ3v) is 6.07. The zero-order valence-electron chi connectivity index (χ0n) is 13.4. The molecule has 5 nitrogen and oxygen atoms in total. The molecule has 4 atom stereocenters. The van der Waals surface area contributed by atoms with E-state index in [1.54, 1.807) is 4.90 Å². The Kier molecular flexibility index (Phi) is 4.89. The lowest BCUT2D eigenvalue weighted by Crippen LogP contribution is -2.40. The van der Waals surface area contributed by atoms with Crippen LogP contribution in [0, 0.1) is 23.7 Å². The molecule has 0 bridgehead atoms. The van der Waals surface area contributed by atoms with Gasteiger partial charge in [0.2, 0.25) is 5.91 Å². The van der Waals surface area contributed by atoms with Crippen LogP contribution in [0.1, 0.15) is 51.4 Å². The molecule has 3 aliphatic rings. The van der Waals surface area contributed by atoms with Crippen molar-refractivity contribution < 1.29 is 9.59 Å². The lowest BCUT2D eigenvalue weighted by Gasteiger charge is -2.38. The zero-order chi connectivity index (χ0) is 15.5. The van der Waals surface area contributed by atoms with Crippen molar-refractivity contribution in [3.05, 3.63) is 0 Å². The minimum atomic E-state index is -0.343. The van der Waals surface area contributed by atoms with Crippen molar-refractivity contribution in [2.45, 2.75) is 51.4 Å².